The van der Waals surface area contributed by atoms with Crippen LogP contribution in [0.4, 0.5) is 13.2 Å². The monoisotopic (exact) mass is 337 g/mol. The van der Waals surface area contributed by atoms with Crippen LogP contribution in [-0.4, -0.2) is 26.8 Å². The number of thiazole rings is 1. The summed E-state index contributed by atoms with van der Waals surface area (Å²) < 4.78 is 40.7. The summed E-state index contributed by atoms with van der Waals surface area (Å²) >= 11 is 1.21. The van der Waals surface area contributed by atoms with Crippen molar-refractivity contribution in [3.63, 3.8) is 0 Å². The van der Waals surface area contributed by atoms with E-state index in [9.17, 15) is 13.2 Å². The number of halogens is 3. The van der Waals surface area contributed by atoms with Crippen molar-refractivity contribution in [3.8, 4) is 33.8 Å². The molecule has 2 heterocycles. The van der Waals surface area contributed by atoms with Crippen LogP contribution in [0.25, 0.3) is 22.0 Å². The van der Waals surface area contributed by atoms with Crippen LogP contribution in [0.15, 0.2) is 29.6 Å². The molecular formula is C13H6F3N5OS. The number of alkyl halides is 3. The van der Waals surface area contributed by atoms with Crippen LogP contribution in [0.3, 0.4) is 0 Å². The van der Waals surface area contributed by atoms with E-state index in [0.29, 0.717) is 16.3 Å². The molecule has 0 unspecified atom stereocenters. The van der Waals surface area contributed by atoms with E-state index in [1.165, 1.54) is 29.5 Å². The molecule has 0 radical (unpaired) electrons. The first-order chi connectivity index (χ1) is 11.0. The maximum atomic E-state index is 12.3. The van der Waals surface area contributed by atoms with Crippen molar-refractivity contribution >= 4 is 11.3 Å². The number of aromatic amines is 1. The Labute approximate surface area is 131 Å². The van der Waals surface area contributed by atoms with Gasteiger partial charge in [0.05, 0.1) is 0 Å². The third-order valence-electron chi connectivity index (χ3n) is 2.72. The Kier molecular flexibility index (Phi) is 3.71. The minimum Gasteiger partial charge on any atom is -0.406 e. The zero-order valence-electron chi connectivity index (χ0n) is 11.1. The summed E-state index contributed by atoms with van der Waals surface area (Å²) in [6.45, 7) is 0. The molecule has 6 nitrogen and oxygen atoms in total. The van der Waals surface area contributed by atoms with Gasteiger partial charge in [-0.05, 0) is 12.1 Å². The number of H-pyrrole nitrogens is 1. The van der Waals surface area contributed by atoms with Gasteiger partial charge in [-0.25, -0.2) is 4.98 Å². The van der Waals surface area contributed by atoms with Gasteiger partial charge in [0.15, 0.2) is 5.69 Å². The molecule has 1 aromatic carbocycles. The molecule has 0 atom stereocenters. The number of nitrogens with zero attached hydrogens (tertiary/aromatic N) is 4. The maximum absolute atomic E-state index is 12.3. The van der Waals surface area contributed by atoms with Crippen molar-refractivity contribution in [2.24, 2.45) is 0 Å². The van der Waals surface area contributed by atoms with Crippen LogP contribution in [0.1, 0.15) is 5.69 Å². The average Bonchev–Trinajstić information content (AvgIpc) is 3.14. The molecule has 0 aliphatic carbocycles. The topological polar surface area (TPSA) is 87.5 Å². The Morgan fingerprint density at radius 1 is 1.26 bits per heavy atom. The molecule has 0 amide bonds. The van der Waals surface area contributed by atoms with E-state index in [0.717, 1.165) is 0 Å². The Balaban J connectivity index is 1.92. The molecule has 116 valence electrons. The van der Waals surface area contributed by atoms with Crippen molar-refractivity contribution in [1.29, 1.82) is 5.26 Å². The Bertz CT molecular complexity index is 880. The second-order valence-electron chi connectivity index (χ2n) is 4.25. The van der Waals surface area contributed by atoms with Gasteiger partial charge in [-0.2, -0.15) is 15.6 Å². The van der Waals surface area contributed by atoms with Crippen molar-refractivity contribution in [3.05, 3.63) is 35.3 Å². The van der Waals surface area contributed by atoms with E-state index in [1.54, 1.807) is 11.4 Å². The SMILES string of the molecule is N#Cc1n[nH]nc1-c1csc(-c2cccc(OC(F)(F)F)c2)n1. The number of nitriles is 1. The van der Waals surface area contributed by atoms with E-state index < -0.39 is 6.36 Å². The highest BCUT2D eigenvalue weighted by Gasteiger charge is 2.31. The van der Waals surface area contributed by atoms with Crippen LogP contribution >= 0.6 is 11.3 Å². The summed E-state index contributed by atoms with van der Waals surface area (Å²) in [5, 5.41) is 20.9. The van der Waals surface area contributed by atoms with Gasteiger partial charge in [-0.3, -0.25) is 0 Å². The summed E-state index contributed by atoms with van der Waals surface area (Å²) in [6.07, 6.45) is -4.75. The molecule has 0 saturated heterocycles. The summed E-state index contributed by atoms with van der Waals surface area (Å²) in [5.74, 6) is -0.328. The number of nitrogens with one attached hydrogen (secondary N) is 1. The molecule has 1 N–H and O–H groups in total. The Morgan fingerprint density at radius 2 is 2.09 bits per heavy atom. The molecule has 0 spiro atoms. The number of aromatic nitrogens is 4. The van der Waals surface area contributed by atoms with Crippen LogP contribution in [0.2, 0.25) is 0 Å². The first kappa shape index (κ1) is 15.0. The van der Waals surface area contributed by atoms with E-state index >= 15 is 0 Å². The molecule has 3 rings (SSSR count). The fraction of sp³-hybridized carbons (Fsp3) is 0.0769. The lowest BCUT2D eigenvalue weighted by Crippen LogP contribution is -2.17. The van der Waals surface area contributed by atoms with Crippen molar-refractivity contribution in [2.45, 2.75) is 6.36 Å². The normalized spacial score (nSPS) is 11.2. The van der Waals surface area contributed by atoms with Crippen molar-refractivity contribution in [1.82, 2.24) is 20.4 Å². The highest BCUT2D eigenvalue weighted by atomic mass is 32.1. The molecule has 23 heavy (non-hydrogen) atoms. The molecule has 0 aliphatic heterocycles. The van der Waals surface area contributed by atoms with Gasteiger partial charge < -0.3 is 4.74 Å². The second-order valence-corrected chi connectivity index (χ2v) is 5.10. The van der Waals surface area contributed by atoms with Crippen LogP contribution < -0.4 is 4.74 Å². The zero-order valence-corrected chi connectivity index (χ0v) is 11.9. The number of rotatable bonds is 3. The minimum absolute atomic E-state index is 0.0935. The molecule has 10 heteroatoms. The summed E-state index contributed by atoms with van der Waals surface area (Å²) in [6, 6.07) is 7.37. The van der Waals surface area contributed by atoms with Gasteiger partial charge in [-0.15, -0.1) is 29.6 Å². The molecule has 0 aliphatic rings. The summed E-state index contributed by atoms with van der Waals surface area (Å²) in [7, 11) is 0. The number of hydrogen-bond donors (Lipinski definition) is 1. The van der Waals surface area contributed by atoms with Gasteiger partial charge in [-0.1, -0.05) is 12.1 Å². The van der Waals surface area contributed by atoms with E-state index in [4.69, 9.17) is 5.26 Å². The van der Waals surface area contributed by atoms with Crippen molar-refractivity contribution in [2.75, 3.05) is 0 Å². The Hall–Kier alpha value is -2.93. The first-order valence-corrected chi connectivity index (χ1v) is 6.97. The van der Waals surface area contributed by atoms with Crippen molar-refractivity contribution < 1.29 is 17.9 Å². The third-order valence-corrected chi connectivity index (χ3v) is 3.61. The van der Waals surface area contributed by atoms with Gasteiger partial charge in [0.25, 0.3) is 0 Å². The highest BCUT2D eigenvalue weighted by Crippen LogP contribution is 2.32. The summed E-state index contributed by atoms with van der Waals surface area (Å²) in [5.41, 5.74) is 1.26. The minimum atomic E-state index is -4.75. The Morgan fingerprint density at radius 3 is 2.83 bits per heavy atom. The standard InChI is InChI=1S/C13H6F3N5OS/c14-13(15,16)22-8-3-1-2-7(4-8)12-18-10(6-23-12)11-9(5-17)19-21-20-11/h1-4,6H,(H,19,20,21). The molecule has 0 saturated carbocycles. The smallest absolute Gasteiger partial charge is 0.406 e. The van der Waals surface area contributed by atoms with Gasteiger partial charge in [0, 0.05) is 10.9 Å². The van der Waals surface area contributed by atoms with E-state index in [-0.39, 0.29) is 17.1 Å². The number of benzene rings is 1. The average molecular weight is 337 g/mol. The number of hydrogen-bond acceptors (Lipinski definition) is 6. The molecule has 0 fully saturated rings. The van der Waals surface area contributed by atoms with E-state index in [2.05, 4.69) is 25.1 Å². The van der Waals surface area contributed by atoms with Crippen LogP contribution in [0, 0.1) is 11.3 Å². The van der Waals surface area contributed by atoms with Gasteiger partial charge >= 0.3 is 6.36 Å². The van der Waals surface area contributed by atoms with Gasteiger partial charge in [0.1, 0.15) is 28.2 Å². The predicted octanol–water partition coefficient (Wildman–Crippen LogP) is 3.37. The summed E-state index contributed by atoms with van der Waals surface area (Å²) in [4.78, 5) is 4.28. The predicted molar refractivity (Wildman–Crippen MR) is 74.3 cm³/mol. The van der Waals surface area contributed by atoms with Crippen LogP contribution in [-0.2, 0) is 0 Å². The molecule has 3 aromatic rings. The fourth-order valence-electron chi connectivity index (χ4n) is 1.83. The van der Waals surface area contributed by atoms with Gasteiger partial charge in [0.2, 0.25) is 0 Å². The quantitative estimate of drug-likeness (QED) is 0.792. The first-order valence-electron chi connectivity index (χ1n) is 6.09. The fourth-order valence-corrected chi connectivity index (χ4v) is 2.63. The maximum Gasteiger partial charge on any atom is 0.573 e. The lowest BCUT2D eigenvalue weighted by atomic mass is 10.2. The molecule has 2 aromatic heterocycles. The molecule has 0 bridgehead atoms. The second kappa shape index (κ2) is 5.69. The lowest BCUT2D eigenvalue weighted by molar-refractivity contribution is -0.274. The molecular weight excluding hydrogens is 331 g/mol. The lowest BCUT2D eigenvalue weighted by Gasteiger charge is -2.09. The van der Waals surface area contributed by atoms with E-state index in [1.807, 2.05) is 6.07 Å². The number of ether oxygens (including phenoxy) is 1. The van der Waals surface area contributed by atoms with Crippen LogP contribution in [0.5, 0.6) is 5.75 Å². The third kappa shape index (κ3) is 3.29. The largest absolute Gasteiger partial charge is 0.573 e. The highest BCUT2D eigenvalue weighted by molar-refractivity contribution is 7.13. The zero-order chi connectivity index (χ0) is 16.4.